The molecule has 14 heavy (non-hydrogen) atoms. The first-order valence-corrected chi connectivity index (χ1v) is 4.83. The van der Waals surface area contributed by atoms with Gasteiger partial charge in [-0.25, -0.2) is 4.98 Å². The molecule has 1 aromatic heterocycles. The van der Waals surface area contributed by atoms with Crippen molar-refractivity contribution in [2.75, 3.05) is 0 Å². The van der Waals surface area contributed by atoms with Crippen LogP contribution in [0.3, 0.4) is 0 Å². The number of H-pyrrole nitrogens is 1. The van der Waals surface area contributed by atoms with Gasteiger partial charge in [0.1, 0.15) is 0 Å². The van der Waals surface area contributed by atoms with Gasteiger partial charge in [-0.3, -0.25) is 0 Å². The van der Waals surface area contributed by atoms with Crippen molar-refractivity contribution in [3.05, 3.63) is 40.8 Å². The Kier molecular flexibility index (Phi) is 2.30. The van der Waals surface area contributed by atoms with E-state index in [2.05, 4.69) is 42.0 Å². The third kappa shape index (κ3) is 1.66. The highest BCUT2D eigenvalue weighted by atomic mass is 35.5. The van der Waals surface area contributed by atoms with Crippen LogP contribution in [0, 0.1) is 13.8 Å². The van der Waals surface area contributed by atoms with E-state index in [-0.39, 0.29) is 0 Å². The summed E-state index contributed by atoms with van der Waals surface area (Å²) in [7, 11) is 0. The number of imidazole rings is 1. The largest absolute Gasteiger partial charge is 0.329 e. The van der Waals surface area contributed by atoms with Gasteiger partial charge >= 0.3 is 0 Å². The van der Waals surface area contributed by atoms with Crippen LogP contribution < -0.4 is 0 Å². The third-order valence-corrected chi connectivity index (χ3v) is 2.42. The molecule has 0 bridgehead atoms. The minimum Gasteiger partial charge on any atom is -0.329 e. The van der Waals surface area contributed by atoms with E-state index in [1.807, 2.05) is 0 Å². The summed E-state index contributed by atoms with van der Waals surface area (Å²) in [6, 6.07) is 6.31. The quantitative estimate of drug-likeness (QED) is 0.762. The predicted molar refractivity (Wildman–Crippen MR) is 58.5 cm³/mol. The lowest BCUT2D eigenvalue weighted by molar-refractivity contribution is 1.30. The summed E-state index contributed by atoms with van der Waals surface area (Å²) >= 11 is 5.74. The fourth-order valence-corrected chi connectivity index (χ4v) is 1.61. The van der Waals surface area contributed by atoms with Crippen molar-refractivity contribution in [3.8, 4) is 11.3 Å². The number of aryl methyl sites for hydroxylation is 2. The zero-order valence-electron chi connectivity index (χ0n) is 8.13. The Hall–Kier alpha value is -1.28. The van der Waals surface area contributed by atoms with E-state index < -0.39 is 0 Å². The van der Waals surface area contributed by atoms with Crippen LogP contribution in [-0.2, 0) is 0 Å². The van der Waals surface area contributed by atoms with Gasteiger partial charge in [0, 0.05) is 5.56 Å². The number of hydrogen-bond acceptors (Lipinski definition) is 1. The van der Waals surface area contributed by atoms with Crippen LogP contribution >= 0.6 is 11.6 Å². The summed E-state index contributed by atoms with van der Waals surface area (Å²) in [5.41, 5.74) is 4.58. The summed E-state index contributed by atoms with van der Waals surface area (Å²) in [5.74, 6) is 0. The molecule has 2 aromatic rings. The normalized spacial score (nSPS) is 10.5. The highest BCUT2D eigenvalue weighted by Crippen LogP contribution is 2.23. The first-order valence-electron chi connectivity index (χ1n) is 4.45. The van der Waals surface area contributed by atoms with Crippen molar-refractivity contribution in [2.24, 2.45) is 0 Å². The van der Waals surface area contributed by atoms with Crippen LogP contribution in [0.5, 0.6) is 0 Å². The maximum absolute atomic E-state index is 5.74. The van der Waals surface area contributed by atoms with Gasteiger partial charge in [-0.15, -0.1) is 0 Å². The van der Waals surface area contributed by atoms with Gasteiger partial charge in [-0.1, -0.05) is 17.7 Å². The van der Waals surface area contributed by atoms with Gasteiger partial charge in [0.2, 0.25) is 0 Å². The zero-order chi connectivity index (χ0) is 10.1. The number of benzene rings is 1. The molecule has 0 aliphatic heterocycles. The second-order valence-electron chi connectivity index (χ2n) is 3.41. The minimum atomic E-state index is 0.431. The summed E-state index contributed by atoms with van der Waals surface area (Å²) in [6.07, 6.45) is 1.75. The molecule has 0 saturated heterocycles. The number of aromatic nitrogens is 2. The Balaban J connectivity index is 2.55. The lowest BCUT2D eigenvalue weighted by atomic mass is 10.0. The maximum Gasteiger partial charge on any atom is 0.200 e. The fraction of sp³-hybridized carbons (Fsp3) is 0.182. The van der Waals surface area contributed by atoms with E-state index in [9.17, 15) is 0 Å². The van der Waals surface area contributed by atoms with Crippen LogP contribution in [-0.4, -0.2) is 9.97 Å². The Morgan fingerprint density at radius 2 is 2.07 bits per heavy atom. The van der Waals surface area contributed by atoms with Crippen LogP contribution in [0.1, 0.15) is 11.1 Å². The first-order chi connectivity index (χ1) is 6.66. The summed E-state index contributed by atoms with van der Waals surface area (Å²) in [6.45, 7) is 4.14. The molecular weight excluding hydrogens is 196 g/mol. The maximum atomic E-state index is 5.74. The van der Waals surface area contributed by atoms with Gasteiger partial charge in [-0.2, -0.15) is 0 Å². The average Bonchev–Trinajstić information content (AvgIpc) is 2.56. The van der Waals surface area contributed by atoms with Gasteiger partial charge < -0.3 is 4.98 Å². The van der Waals surface area contributed by atoms with Crippen molar-refractivity contribution >= 4 is 11.6 Å². The molecule has 1 N–H and O–H groups in total. The van der Waals surface area contributed by atoms with Gasteiger partial charge in [0.05, 0.1) is 11.9 Å². The molecular formula is C11H11ClN2. The smallest absolute Gasteiger partial charge is 0.200 e. The molecule has 0 aliphatic rings. The van der Waals surface area contributed by atoms with Crippen molar-refractivity contribution in [1.82, 2.24) is 9.97 Å². The number of nitrogens with one attached hydrogen (secondary N) is 1. The summed E-state index contributed by atoms with van der Waals surface area (Å²) in [5, 5.41) is 0.431. The molecule has 0 aliphatic carbocycles. The second kappa shape index (κ2) is 3.46. The summed E-state index contributed by atoms with van der Waals surface area (Å²) < 4.78 is 0. The molecule has 0 unspecified atom stereocenters. The van der Waals surface area contributed by atoms with Crippen LogP contribution in [0.15, 0.2) is 24.4 Å². The van der Waals surface area contributed by atoms with Crippen molar-refractivity contribution in [2.45, 2.75) is 13.8 Å². The SMILES string of the molecule is Cc1ccc(C)c(-c2cnc(Cl)[nH]2)c1. The molecule has 2 rings (SSSR count). The third-order valence-electron chi connectivity index (χ3n) is 2.23. The van der Waals surface area contributed by atoms with Crippen LogP contribution in [0.4, 0.5) is 0 Å². The molecule has 2 nitrogen and oxygen atoms in total. The van der Waals surface area contributed by atoms with Gasteiger partial charge in [-0.05, 0) is 37.1 Å². The number of nitrogens with zero attached hydrogens (tertiary/aromatic N) is 1. The first kappa shape index (κ1) is 9.28. The Bertz CT molecular complexity index is 460. The van der Waals surface area contributed by atoms with Crippen molar-refractivity contribution in [1.29, 1.82) is 0 Å². The standard InChI is InChI=1S/C11H11ClN2/c1-7-3-4-8(2)9(5-7)10-6-13-11(12)14-10/h3-6H,1-2H3,(H,13,14). The molecule has 1 heterocycles. The topological polar surface area (TPSA) is 28.7 Å². The minimum absolute atomic E-state index is 0.431. The second-order valence-corrected chi connectivity index (χ2v) is 3.76. The lowest BCUT2D eigenvalue weighted by Gasteiger charge is -2.03. The van der Waals surface area contributed by atoms with Crippen molar-refractivity contribution < 1.29 is 0 Å². The fourth-order valence-electron chi connectivity index (χ4n) is 1.46. The monoisotopic (exact) mass is 206 g/mol. The van der Waals surface area contributed by atoms with E-state index in [1.54, 1.807) is 6.20 Å². The van der Waals surface area contributed by atoms with Gasteiger partial charge in [0.25, 0.3) is 0 Å². The zero-order valence-corrected chi connectivity index (χ0v) is 8.89. The Morgan fingerprint density at radius 3 is 2.71 bits per heavy atom. The molecule has 0 radical (unpaired) electrons. The molecule has 0 saturated carbocycles. The average molecular weight is 207 g/mol. The number of hydrogen-bond donors (Lipinski definition) is 1. The molecule has 72 valence electrons. The molecule has 0 atom stereocenters. The van der Waals surface area contributed by atoms with E-state index >= 15 is 0 Å². The van der Waals surface area contributed by atoms with Crippen molar-refractivity contribution in [3.63, 3.8) is 0 Å². The molecule has 1 aromatic carbocycles. The van der Waals surface area contributed by atoms with E-state index in [1.165, 1.54) is 11.1 Å². The van der Waals surface area contributed by atoms with E-state index in [0.29, 0.717) is 5.28 Å². The molecule has 3 heteroatoms. The lowest BCUT2D eigenvalue weighted by Crippen LogP contribution is -1.84. The summed E-state index contributed by atoms with van der Waals surface area (Å²) in [4.78, 5) is 6.99. The molecule has 0 amide bonds. The Morgan fingerprint density at radius 1 is 1.29 bits per heavy atom. The highest BCUT2D eigenvalue weighted by Gasteiger charge is 2.04. The Labute approximate surface area is 88.0 Å². The van der Waals surface area contributed by atoms with Crippen LogP contribution in [0.25, 0.3) is 11.3 Å². The number of halogens is 1. The molecule has 0 spiro atoms. The van der Waals surface area contributed by atoms with E-state index in [4.69, 9.17) is 11.6 Å². The van der Waals surface area contributed by atoms with Crippen LogP contribution in [0.2, 0.25) is 5.28 Å². The highest BCUT2D eigenvalue weighted by molar-refractivity contribution is 6.28. The molecule has 0 fully saturated rings. The number of aromatic amines is 1. The van der Waals surface area contributed by atoms with Gasteiger partial charge in [0.15, 0.2) is 5.28 Å². The van der Waals surface area contributed by atoms with E-state index in [0.717, 1.165) is 11.3 Å². The predicted octanol–water partition coefficient (Wildman–Crippen LogP) is 3.35. The number of rotatable bonds is 1.